The highest BCUT2D eigenvalue weighted by Gasteiger charge is 2.30. The molecule has 0 saturated carbocycles. The molecule has 230 valence electrons. The first kappa shape index (κ1) is 30.2. The summed E-state index contributed by atoms with van der Waals surface area (Å²) in [5.74, 6) is 0.535. The average molecular weight is 624 g/mol. The van der Waals surface area contributed by atoms with E-state index in [-0.39, 0.29) is 23.5 Å². The van der Waals surface area contributed by atoms with Crippen molar-refractivity contribution in [3.8, 4) is 0 Å². The van der Waals surface area contributed by atoms with Crippen LogP contribution in [-0.4, -0.2) is 77.7 Å². The first-order chi connectivity index (χ1) is 21.8. The van der Waals surface area contributed by atoms with Gasteiger partial charge in [0.15, 0.2) is 5.65 Å². The van der Waals surface area contributed by atoms with E-state index in [9.17, 15) is 19.7 Å². The molecule has 0 aliphatic carbocycles. The highest BCUT2D eigenvalue weighted by Crippen LogP contribution is 2.29. The van der Waals surface area contributed by atoms with E-state index in [0.29, 0.717) is 55.5 Å². The van der Waals surface area contributed by atoms with Crippen molar-refractivity contribution in [1.82, 2.24) is 29.5 Å². The zero-order valence-electron chi connectivity index (χ0n) is 25.1. The van der Waals surface area contributed by atoms with E-state index in [1.54, 1.807) is 4.90 Å². The molecule has 1 fully saturated rings. The number of rotatable bonds is 9. The molecule has 6 rings (SSSR count). The molecule has 0 radical (unpaired) electrons. The number of carbonyl (C=O) groups excluding carboxylic acids is 2. The van der Waals surface area contributed by atoms with Gasteiger partial charge < -0.3 is 14.4 Å². The standard InChI is InChI=1S/C33H33N7O4S/c1-22-10-15-28-27(19-22)30-31(39(28)21-24-7-4-3-5-8-24)34-33(36-35-30)45-18-6-9-29(41)37-16-17-38(23(2)20-37)32(42)25-11-13-26(14-12-25)40(43)44/h3-5,7-8,10-15,19,23H,6,9,16-18,20-21H2,1-2H3. The first-order valence-corrected chi connectivity index (χ1v) is 15.9. The van der Waals surface area contributed by atoms with Gasteiger partial charge >= 0.3 is 0 Å². The van der Waals surface area contributed by atoms with Gasteiger partial charge in [-0.3, -0.25) is 19.7 Å². The smallest absolute Gasteiger partial charge is 0.269 e. The van der Waals surface area contributed by atoms with Crippen LogP contribution >= 0.6 is 11.8 Å². The maximum atomic E-state index is 13.0. The van der Waals surface area contributed by atoms with Crippen molar-refractivity contribution in [1.29, 1.82) is 0 Å². The molecule has 0 N–H and O–H groups in total. The monoisotopic (exact) mass is 623 g/mol. The first-order valence-electron chi connectivity index (χ1n) is 14.9. The van der Waals surface area contributed by atoms with E-state index >= 15 is 0 Å². The fourth-order valence-corrected chi connectivity index (χ4v) is 6.49. The fourth-order valence-electron chi connectivity index (χ4n) is 5.76. The van der Waals surface area contributed by atoms with E-state index in [1.807, 2.05) is 30.0 Å². The highest BCUT2D eigenvalue weighted by atomic mass is 32.2. The summed E-state index contributed by atoms with van der Waals surface area (Å²) in [4.78, 5) is 44.9. The Morgan fingerprint density at radius 1 is 1.02 bits per heavy atom. The Kier molecular flexibility index (Phi) is 8.74. The molecule has 1 atom stereocenters. The lowest BCUT2D eigenvalue weighted by molar-refractivity contribution is -0.384. The van der Waals surface area contributed by atoms with E-state index in [4.69, 9.17) is 4.98 Å². The predicted octanol–water partition coefficient (Wildman–Crippen LogP) is 5.49. The summed E-state index contributed by atoms with van der Waals surface area (Å²) in [5.41, 5.74) is 5.31. The van der Waals surface area contributed by atoms with Gasteiger partial charge in [-0.1, -0.05) is 53.7 Å². The van der Waals surface area contributed by atoms with Crippen LogP contribution in [0.25, 0.3) is 22.1 Å². The number of hydrogen-bond acceptors (Lipinski definition) is 8. The zero-order valence-corrected chi connectivity index (χ0v) is 25.9. The molecule has 3 aromatic carbocycles. The second-order valence-corrected chi connectivity index (χ2v) is 12.4. The SMILES string of the molecule is Cc1ccc2c(c1)c1nnc(SCCCC(=O)N3CCN(C(=O)c4ccc([N+](=O)[O-])cc4)C(C)C3)nc1n2Cc1ccccc1. The van der Waals surface area contributed by atoms with Gasteiger partial charge in [0.25, 0.3) is 11.6 Å². The van der Waals surface area contributed by atoms with Crippen LogP contribution in [-0.2, 0) is 11.3 Å². The van der Waals surface area contributed by atoms with Gasteiger partial charge in [-0.05, 0) is 50.1 Å². The molecule has 0 spiro atoms. The molecule has 0 bridgehead atoms. The van der Waals surface area contributed by atoms with Crippen LogP contribution in [0.5, 0.6) is 0 Å². The molecule has 45 heavy (non-hydrogen) atoms. The Bertz CT molecular complexity index is 1880. The number of nitro groups is 1. The third-order valence-electron chi connectivity index (χ3n) is 8.12. The average Bonchev–Trinajstić information content (AvgIpc) is 3.34. The van der Waals surface area contributed by atoms with Gasteiger partial charge in [0.05, 0.1) is 10.4 Å². The third kappa shape index (κ3) is 6.51. The summed E-state index contributed by atoms with van der Waals surface area (Å²) in [6.07, 6.45) is 1.05. The Hall–Kier alpha value is -4.84. The molecule has 1 aliphatic heterocycles. The van der Waals surface area contributed by atoms with E-state index in [1.165, 1.54) is 41.6 Å². The zero-order chi connectivity index (χ0) is 31.5. The van der Waals surface area contributed by atoms with Gasteiger partial charge in [-0.2, -0.15) is 0 Å². The number of carbonyl (C=O) groups is 2. The fraction of sp³-hybridized carbons (Fsp3) is 0.303. The number of non-ortho nitro benzene ring substituents is 1. The van der Waals surface area contributed by atoms with Crippen LogP contribution in [0.3, 0.4) is 0 Å². The topological polar surface area (TPSA) is 127 Å². The molecule has 3 heterocycles. The summed E-state index contributed by atoms with van der Waals surface area (Å²) in [7, 11) is 0. The van der Waals surface area contributed by atoms with Crippen molar-refractivity contribution < 1.29 is 14.5 Å². The van der Waals surface area contributed by atoms with Gasteiger partial charge in [0.2, 0.25) is 11.1 Å². The van der Waals surface area contributed by atoms with Crippen molar-refractivity contribution in [3.05, 3.63) is 99.6 Å². The normalized spacial score (nSPS) is 15.1. The number of hydrogen-bond donors (Lipinski definition) is 0. The summed E-state index contributed by atoms with van der Waals surface area (Å²) in [6.45, 7) is 5.95. The maximum Gasteiger partial charge on any atom is 0.269 e. The van der Waals surface area contributed by atoms with Gasteiger partial charge in [-0.25, -0.2) is 4.98 Å². The lowest BCUT2D eigenvalue weighted by Gasteiger charge is -2.40. The molecule has 5 aromatic rings. The minimum atomic E-state index is -0.490. The molecule has 1 aliphatic rings. The molecule has 2 amide bonds. The lowest BCUT2D eigenvalue weighted by atomic mass is 10.1. The second-order valence-electron chi connectivity index (χ2n) is 11.3. The summed E-state index contributed by atoms with van der Waals surface area (Å²) in [5, 5.41) is 21.5. The Morgan fingerprint density at radius 3 is 2.53 bits per heavy atom. The molecular weight excluding hydrogens is 590 g/mol. The number of thioether (sulfide) groups is 1. The summed E-state index contributed by atoms with van der Waals surface area (Å²) >= 11 is 1.49. The van der Waals surface area contributed by atoms with Crippen molar-refractivity contribution >= 4 is 51.3 Å². The van der Waals surface area contributed by atoms with Gasteiger partial charge in [-0.15, -0.1) is 10.2 Å². The van der Waals surface area contributed by atoms with Crippen LogP contribution in [0, 0.1) is 17.0 Å². The van der Waals surface area contributed by atoms with E-state index in [0.717, 1.165) is 27.6 Å². The highest BCUT2D eigenvalue weighted by molar-refractivity contribution is 7.99. The van der Waals surface area contributed by atoms with Gasteiger partial charge in [0.1, 0.15) is 5.52 Å². The van der Waals surface area contributed by atoms with Crippen molar-refractivity contribution in [2.45, 2.75) is 44.4 Å². The Labute approximate surface area is 264 Å². The van der Waals surface area contributed by atoms with Crippen LogP contribution < -0.4 is 0 Å². The lowest BCUT2D eigenvalue weighted by Crippen LogP contribution is -2.55. The molecular formula is C33H33N7O4S. The van der Waals surface area contributed by atoms with Crippen molar-refractivity contribution in [3.63, 3.8) is 0 Å². The van der Waals surface area contributed by atoms with Crippen LogP contribution in [0.1, 0.15) is 41.3 Å². The molecule has 2 aromatic heterocycles. The minimum Gasteiger partial charge on any atom is -0.339 e. The largest absolute Gasteiger partial charge is 0.339 e. The van der Waals surface area contributed by atoms with Crippen LogP contribution in [0.4, 0.5) is 5.69 Å². The molecule has 12 heteroatoms. The minimum absolute atomic E-state index is 0.0535. The third-order valence-corrected chi connectivity index (χ3v) is 9.04. The predicted molar refractivity (Wildman–Crippen MR) is 173 cm³/mol. The molecule has 11 nitrogen and oxygen atoms in total. The Balaban J connectivity index is 1.05. The molecule has 1 saturated heterocycles. The quantitative estimate of drug-likeness (QED) is 0.0913. The van der Waals surface area contributed by atoms with Crippen molar-refractivity contribution in [2.75, 3.05) is 25.4 Å². The number of nitrogens with zero attached hydrogens (tertiary/aromatic N) is 7. The number of aromatic nitrogens is 4. The number of piperazine rings is 1. The van der Waals surface area contributed by atoms with Crippen molar-refractivity contribution in [2.24, 2.45) is 0 Å². The van der Waals surface area contributed by atoms with Gasteiger partial charge in [0, 0.05) is 67.5 Å². The van der Waals surface area contributed by atoms with E-state index in [2.05, 4.69) is 52.0 Å². The van der Waals surface area contributed by atoms with E-state index < -0.39 is 4.92 Å². The summed E-state index contributed by atoms with van der Waals surface area (Å²) in [6, 6.07) is 22.1. The number of benzene rings is 3. The molecule has 1 unspecified atom stereocenters. The summed E-state index contributed by atoms with van der Waals surface area (Å²) < 4.78 is 2.19. The number of amides is 2. The van der Waals surface area contributed by atoms with Crippen LogP contribution in [0.15, 0.2) is 78.0 Å². The van der Waals surface area contributed by atoms with Crippen LogP contribution in [0.2, 0.25) is 0 Å². The number of aryl methyl sites for hydroxylation is 1. The number of fused-ring (bicyclic) bond motifs is 3. The second kappa shape index (κ2) is 13.0. The maximum absolute atomic E-state index is 13.0. The number of nitro benzene ring substituents is 1. The Morgan fingerprint density at radius 2 is 1.80 bits per heavy atom.